The molecule has 1 saturated heterocycles. The topological polar surface area (TPSA) is 35.6 Å². The number of amides is 1. The Morgan fingerprint density at radius 1 is 1.10 bits per heavy atom. The van der Waals surface area contributed by atoms with Crippen LogP contribution in [0.15, 0.2) is 0 Å². The van der Waals surface area contributed by atoms with Crippen molar-refractivity contribution in [1.29, 1.82) is 0 Å². The summed E-state index contributed by atoms with van der Waals surface area (Å²) < 4.78 is 0. The molecule has 20 heavy (non-hydrogen) atoms. The molecule has 0 saturated carbocycles. The van der Waals surface area contributed by atoms with E-state index in [0.29, 0.717) is 17.7 Å². The van der Waals surface area contributed by atoms with Gasteiger partial charge in [0.1, 0.15) is 0 Å². The second kappa shape index (κ2) is 7.41. The molecule has 0 aromatic heterocycles. The molecule has 1 fully saturated rings. The molecule has 4 heteroatoms. The number of nitrogens with zero attached hydrogens (tertiary/aromatic N) is 2. The van der Waals surface area contributed by atoms with Crippen molar-refractivity contribution in [1.82, 2.24) is 15.1 Å². The lowest BCUT2D eigenvalue weighted by molar-refractivity contribution is -0.132. The molecule has 3 unspecified atom stereocenters. The molecule has 1 heterocycles. The molecule has 0 bridgehead atoms. The van der Waals surface area contributed by atoms with Gasteiger partial charge in [-0.05, 0) is 45.7 Å². The van der Waals surface area contributed by atoms with E-state index in [0.717, 1.165) is 19.4 Å². The Bertz CT molecular complexity index is 315. The van der Waals surface area contributed by atoms with Crippen molar-refractivity contribution in [2.45, 2.75) is 65.7 Å². The molecular weight excluding hydrogens is 250 g/mol. The van der Waals surface area contributed by atoms with Gasteiger partial charge in [0.2, 0.25) is 5.91 Å². The third-order valence-corrected chi connectivity index (χ3v) is 3.79. The van der Waals surface area contributed by atoms with Crippen molar-refractivity contribution in [3.63, 3.8) is 0 Å². The molecule has 1 aliphatic heterocycles. The summed E-state index contributed by atoms with van der Waals surface area (Å²) in [4.78, 5) is 16.9. The zero-order valence-corrected chi connectivity index (χ0v) is 14.3. The smallest absolute Gasteiger partial charge is 0.241 e. The first kappa shape index (κ1) is 17.4. The van der Waals surface area contributed by atoms with Crippen molar-refractivity contribution >= 4 is 5.91 Å². The first-order valence-corrected chi connectivity index (χ1v) is 7.95. The van der Waals surface area contributed by atoms with E-state index in [4.69, 9.17) is 0 Å². The van der Waals surface area contributed by atoms with Gasteiger partial charge >= 0.3 is 0 Å². The quantitative estimate of drug-likeness (QED) is 0.778. The third-order valence-electron chi connectivity index (χ3n) is 3.79. The second-order valence-corrected chi connectivity index (χ2v) is 7.35. The van der Waals surface area contributed by atoms with Crippen molar-refractivity contribution in [3.8, 4) is 0 Å². The van der Waals surface area contributed by atoms with Crippen LogP contribution >= 0.6 is 0 Å². The van der Waals surface area contributed by atoms with Crippen LogP contribution in [0.4, 0.5) is 0 Å². The Labute approximate surface area is 124 Å². The Balaban J connectivity index is 2.81. The summed E-state index contributed by atoms with van der Waals surface area (Å²) in [6, 6.07) is 0.259. The van der Waals surface area contributed by atoms with Crippen LogP contribution in [0.1, 0.15) is 47.5 Å². The molecule has 1 amide bonds. The zero-order valence-electron chi connectivity index (χ0n) is 14.3. The fourth-order valence-electron chi connectivity index (χ4n) is 3.13. The van der Waals surface area contributed by atoms with Crippen LogP contribution in [0.5, 0.6) is 0 Å². The lowest BCUT2D eigenvalue weighted by Crippen LogP contribution is -2.47. The Morgan fingerprint density at radius 2 is 1.65 bits per heavy atom. The third kappa shape index (κ3) is 4.74. The van der Waals surface area contributed by atoms with E-state index >= 15 is 0 Å². The first-order chi connectivity index (χ1) is 9.22. The fraction of sp³-hybridized carbons (Fsp3) is 0.938. The van der Waals surface area contributed by atoms with Crippen molar-refractivity contribution in [2.75, 3.05) is 20.6 Å². The molecule has 1 N–H and O–H groups in total. The van der Waals surface area contributed by atoms with Crippen LogP contribution in [-0.2, 0) is 4.79 Å². The summed E-state index contributed by atoms with van der Waals surface area (Å²) in [6.07, 6.45) is 2.15. The minimum Gasteiger partial charge on any atom is -0.322 e. The predicted octanol–water partition coefficient (Wildman–Crippen LogP) is 2.16. The number of rotatable bonds is 7. The highest BCUT2D eigenvalue weighted by atomic mass is 16.2. The Morgan fingerprint density at radius 3 is 2.10 bits per heavy atom. The van der Waals surface area contributed by atoms with Crippen LogP contribution in [0.25, 0.3) is 0 Å². The van der Waals surface area contributed by atoms with E-state index in [1.807, 2.05) is 0 Å². The summed E-state index contributed by atoms with van der Waals surface area (Å²) in [5.41, 5.74) is 0. The minimum absolute atomic E-state index is 0.00311. The summed E-state index contributed by atoms with van der Waals surface area (Å²) in [7, 11) is 4.13. The van der Waals surface area contributed by atoms with E-state index in [1.165, 1.54) is 0 Å². The van der Waals surface area contributed by atoms with Gasteiger partial charge in [-0.3, -0.25) is 10.1 Å². The lowest BCUT2D eigenvalue weighted by Gasteiger charge is -2.32. The average Bonchev–Trinajstić information content (AvgIpc) is 2.52. The van der Waals surface area contributed by atoms with E-state index in [9.17, 15) is 4.79 Å². The van der Waals surface area contributed by atoms with Crippen molar-refractivity contribution < 1.29 is 4.79 Å². The van der Waals surface area contributed by atoms with Gasteiger partial charge in [-0.25, -0.2) is 0 Å². The van der Waals surface area contributed by atoms with Gasteiger partial charge in [-0.15, -0.1) is 0 Å². The molecule has 0 aromatic rings. The van der Waals surface area contributed by atoms with Gasteiger partial charge in [-0.2, -0.15) is 0 Å². The molecule has 1 rings (SSSR count). The molecule has 4 nitrogen and oxygen atoms in total. The standard InChI is InChI=1S/C16H33N3O/c1-11(2)8-14-16(20)19(13(5)10-18(6)7)15(17-14)9-12(3)4/h11-15,17H,8-10H2,1-7H3. The lowest BCUT2D eigenvalue weighted by atomic mass is 10.0. The summed E-state index contributed by atoms with van der Waals surface area (Å²) >= 11 is 0. The van der Waals surface area contributed by atoms with Gasteiger partial charge in [0, 0.05) is 12.6 Å². The predicted molar refractivity (Wildman–Crippen MR) is 84.5 cm³/mol. The molecular formula is C16H33N3O. The van der Waals surface area contributed by atoms with Crippen LogP contribution in [0.2, 0.25) is 0 Å². The summed E-state index contributed by atoms with van der Waals surface area (Å²) in [5.74, 6) is 1.42. The van der Waals surface area contributed by atoms with Crippen molar-refractivity contribution in [2.24, 2.45) is 11.8 Å². The molecule has 1 aliphatic rings. The van der Waals surface area contributed by atoms with Gasteiger partial charge in [0.05, 0.1) is 12.2 Å². The number of carbonyl (C=O) groups excluding carboxylic acids is 1. The van der Waals surface area contributed by atoms with E-state index < -0.39 is 0 Å². The van der Waals surface area contributed by atoms with Crippen molar-refractivity contribution in [3.05, 3.63) is 0 Å². The maximum atomic E-state index is 12.7. The van der Waals surface area contributed by atoms with Gasteiger partial charge < -0.3 is 9.80 Å². The van der Waals surface area contributed by atoms with Crippen LogP contribution in [0.3, 0.4) is 0 Å². The maximum Gasteiger partial charge on any atom is 0.241 e. The van der Waals surface area contributed by atoms with E-state index in [2.05, 4.69) is 63.8 Å². The fourth-order valence-corrected chi connectivity index (χ4v) is 3.13. The highest BCUT2D eigenvalue weighted by Crippen LogP contribution is 2.23. The van der Waals surface area contributed by atoms with Crippen LogP contribution in [0, 0.1) is 11.8 Å². The molecule has 0 spiro atoms. The molecule has 0 aliphatic carbocycles. The number of nitrogens with one attached hydrogen (secondary N) is 1. The van der Waals surface area contributed by atoms with E-state index in [-0.39, 0.29) is 18.2 Å². The summed E-state index contributed by atoms with van der Waals surface area (Å²) in [5, 5.41) is 3.57. The second-order valence-electron chi connectivity index (χ2n) is 7.35. The average molecular weight is 283 g/mol. The SMILES string of the molecule is CC(C)CC1NC(CC(C)C)N(C(C)CN(C)C)C1=O. The number of hydrogen-bond acceptors (Lipinski definition) is 3. The van der Waals surface area contributed by atoms with Crippen LogP contribution < -0.4 is 5.32 Å². The summed E-state index contributed by atoms with van der Waals surface area (Å²) in [6.45, 7) is 11.9. The first-order valence-electron chi connectivity index (χ1n) is 7.95. The van der Waals surface area contributed by atoms with E-state index in [1.54, 1.807) is 0 Å². The monoisotopic (exact) mass is 283 g/mol. The maximum absolute atomic E-state index is 12.7. The van der Waals surface area contributed by atoms with Gasteiger partial charge in [0.25, 0.3) is 0 Å². The van der Waals surface area contributed by atoms with Gasteiger partial charge in [0.15, 0.2) is 0 Å². The largest absolute Gasteiger partial charge is 0.322 e. The molecule has 0 aromatic carbocycles. The highest BCUT2D eigenvalue weighted by molar-refractivity contribution is 5.84. The molecule has 3 atom stereocenters. The number of carbonyl (C=O) groups is 1. The number of likely N-dealkylation sites (N-methyl/N-ethyl adjacent to an activating group) is 1. The zero-order chi connectivity index (χ0) is 15.4. The normalized spacial score (nSPS) is 25.3. The molecule has 118 valence electrons. The minimum atomic E-state index is 0.00311. The number of hydrogen-bond donors (Lipinski definition) is 1. The Hall–Kier alpha value is -0.610. The van der Waals surface area contributed by atoms with Crippen LogP contribution in [-0.4, -0.2) is 54.6 Å². The molecule has 0 radical (unpaired) electrons. The highest BCUT2D eigenvalue weighted by Gasteiger charge is 2.41. The van der Waals surface area contributed by atoms with Gasteiger partial charge in [-0.1, -0.05) is 27.7 Å². The Kier molecular flexibility index (Phi) is 6.46.